The highest BCUT2D eigenvalue weighted by Gasteiger charge is 2.32. The van der Waals surface area contributed by atoms with Gasteiger partial charge < -0.3 is 19.9 Å². The summed E-state index contributed by atoms with van der Waals surface area (Å²) in [7, 11) is 0. The van der Waals surface area contributed by atoms with E-state index in [1.807, 2.05) is 0 Å². The summed E-state index contributed by atoms with van der Waals surface area (Å²) in [6.07, 6.45) is 0.311. The number of amides is 2. The second-order valence-electron chi connectivity index (χ2n) is 5.93. The van der Waals surface area contributed by atoms with E-state index < -0.39 is 18.0 Å². The maximum absolute atomic E-state index is 14.4. The van der Waals surface area contributed by atoms with E-state index >= 15 is 0 Å². The lowest BCUT2D eigenvalue weighted by Crippen LogP contribution is -2.33. The van der Waals surface area contributed by atoms with E-state index in [-0.39, 0.29) is 37.2 Å². The first kappa shape index (κ1) is 18.6. The number of hydrogen-bond acceptors (Lipinski definition) is 6. The van der Waals surface area contributed by atoms with Crippen molar-refractivity contribution in [3.05, 3.63) is 47.9 Å². The number of anilines is 1. The zero-order valence-corrected chi connectivity index (χ0v) is 14.5. The van der Waals surface area contributed by atoms with Crippen LogP contribution in [0.5, 0.6) is 11.6 Å². The van der Waals surface area contributed by atoms with E-state index in [9.17, 15) is 14.0 Å². The molecule has 2 amide bonds. The number of benzene rings is 1. The summed E-state index contributed by atoms with van der Waals surface area (Å²) in [5.41, 5.74) is 0.929. The molecule has 2 N–H and O–H groups in total. The van der Waals surface area contributed by atoms with Crippen molar-refractivity contribution in [2.45, 2.75) is 19.6 Å². The summed E-state index contributed by atoms with van der Waals surface area (Å²) in [6.45, 7) is 1.61. The first-order valence-electron chi connectivity index (χ1n) is 8.22. The molecule has 3 rings (SSSR count). The number of halogens is 1. The van der Waals surface area contributed by atoms with Crippen LogP contribution in [0.3, 0.4) is 0 Å². The highest BCUT2D eigenvalue weighted by atomic mass is 19.1. The van der Waals surface area contributed by atoms with Crippen molar-refractivity contribution < 1.29 is 28.6 Å². The van der Waals surface area contributed by atoms with Crippen LogP contribution in [0.1, 0.15) is 12.5 Å². The van der Waals surface area contributed by atoms with E-state index in [1.54, 1.807) is 6.07 Å². The lowest BCUT2D eigenvalue weighted by Gasteiger charge is -2.14. The van der Waals surface area contributed by atoms with Crippen LogP contribution in [0.25, 0.3) is 0 Å². The summed E-state index contributed by atoms with van der Waals surface area (Å²) >= 11 is 0. The van der Waals surface area contributed by atoms with E-state index in [2.05, 4.69) is 10.3 Å². The van der Waals surface area contributed by atoms with Crippen molar-refractivity contribution >= 4 is 17.7 Å². The Morgan fingerprint density at radius 2 is 2.26 bits per heavy atom. The monoisotopic (exact) mass is 375 g/mol. The fourth-order valence-corrected chi connectivity index (χ4v) is 2.51. The van der Waals surface area contributed by atoms with Gasteiger partial charge in [-0.3, -0.25) is 9.69 Å². The van der Waals surface area contributed by atoms with Gasteiger partial charge in [-0.15, -0.1) is 0 Å². The first-order chi connectivity index (χ1) is 13.0. The number of cyclic esters (lactones) is 1. The molecule has 1 fully saturated rings. The zero-order valence-electron chi connectivity index (χ0n) is 14.5. The molecule has 0 bridgehead atoms. The Balaban J connectivity index is 1.68. The maximum atomic E-state index is 14.4. The number of rotatable bonds is 6. The summed E-state index contributed by atoms with van der Waals surface area (Å²) < 4.78 is 24.9. The predicted molar refractivity (Wildman–Crippen MR) is 92.9 cm³/mol. The summed E-state index contributed by atoms with van der Waals surface area (Å²) in [5, 5.41) is 11.6. The van der Waals surface area contributed by atoms with Crippen LogP contribution < -0.4 is 15.0 Å². The lowest BCUT2D eigenvalue weighted by molar-refractivity contribution is -0.119. The van der Waals surface area contributed by atoms with Crippen molar-refractivity contribution in [3.63, 3.8) is 0 Å². The summed E-state index contributed by atoms with van der Waals surface area (Å²) in [5.74, 6) is -0.767. The molecule has 1 saturated heterocycles. The Morgan fingerprint density at radius 1 is 1.44 bits per heavy atom. The largest absolute Gasteiger partial charge is 0.442 e. The van der Waals surface area contributed by atoms with Crippen LogP contribution in [-0.4, -0.2) is 41.3 Å². The first-order valence-corrected chi connectivity index (χ1v) is 8.22. The van der Waals surface area contributed by atoms with Gasteiger partial charge in [0.05, 0.1) is 25.4 Å². The third-order valence-electron chi connectivity index (χ3n) is 3.87. The van der Waals surface area contributed by atoms with Gasteiger partial charge in [0, 0.05) is 25.3 Å². The molecular formula is C18H18FN3O5. The Hall–Kier alpha value is -3.20. The fraction of sp³-hybridized carbons (Fsp3) is 0.278. The number of ether oxygens (including phenoxy) is 2. The number of pyridine rings is 1. The topological polar surface area (TPSA) is 101 Å². The molecule has 1 aliphatic rings. The minimum absolute atomic E-state index is 0.0506. The molecule has 0 saturated carbocycles. The van der Waals surface area contributed by atoms with Gasteiger partial charge in [-0.25, -0.2) is 14.2 Å². The molecule has 0 spiro atoms. The molecule has 8 nitrogen and oxygen atoms in total. The average molecular weight is 375 g/mol. The van der Waals surface area contributed by atoms with E-state index in [4.69, 9.17) is 14.6 Å². The second kappa shape index (κ2) is 8.00. The molecule has 9 heteroatoms. The number of carbonyl (C=O) groups excluding carboxylic acids is 2. The molecule has 1 unspecified atom stereocenters. The molecule has 1 aromatic heterocycles. The quantitative estimate of drug-likeness (QED) is 0.801. The zero-order chi connectivity index (χ0) is 19.4. The van der Waals surface area contributed by atoms with E-state index in [0.29, 0.717) is 11.3 Å². The Bertz CT molecular complexity index is 843. The number of carbonyl (C=O) groups is 2. The molecule has 0 radical (unpaired) electrons. The molecule has 27 heavy (non-hydrogen) atoms. The van der Waals surface area contributed by atoms with Crippen LogP contribution in [0.15, 0.2) is 36.5 Å². The van der Waals surface area contributed by atoms with Crippen LogP contribution >= 0.6 is 0 Å². The molecule has 1 atom stereocenters. The van der Waals surface area contributed by atoms with Gasteiger partial charge in [-0.2, -0.15) is 0 Å². The number of aliphatic hydroxyl groups is 1. The number of nitrogens with one attached hydrogen (secondary N) is 1. The fourth-order valence-electron chi connectivity index (χ4n) is 2.51. The van der Waals surface area contributed by atoms with Crippen LogP contribution in [0.4, 0.5) is 14.9 Å². The minimum Gasteiger partial charge on any atom is -0.442 e. The highest BCUT2D eigenvalue weighted by molar-refractivity contribution is 5.90. The second-order valence-corrected chi connectivity index (χ2v) is 5.93. The number of aromatic nitrogens is 1. The van der Waals surface area contributed by atoms with Crippen LogP contribution in [0.2, 0.25) is 0 Å². The normalized spacial score (nSPS) is 16.2. The highest BCUT2D eigenvalue weighted by Crippen LogP contribution is 2.29. The number of hydrogen-bond donors (Lipinski definition) is 2. The maximum Gasteiger partial charge on any atom is 0.414 e. The van der Waals surface area contributed by atoms with E-state index in [1.165, 1.54) is 42.3 Å². The number of aliphatic hydroxyl groups excluding tert-OH is 1. The Kier molecular flexibility index (Phi) is 5.51. The molecular weight excluding hydrogens is 357 g/mol. The van der Waals surface area contributed by atoms with Crippen molar-refractivity contribution in [2.75, 3.05) is 18.0 Å². The van der Waals surface area contributed by atoms with Gasteiger partial charge in [0.1, 0.15) is 6.10 Å². The molecule has 2 heterocycles. The third kappa shape index (κ3) is 4.50. The molecule has 2 aromatic rings. The Labute approximate surface area is 154 Å². The predicted octanol–water partition coefficient (Wildman–Crippen LogP) is 1.97. The number of nitrogens with zero attached hydrogens (tertiary/aromatic N) is 2. The van der Waals surface area contributed by atoms with Gasteiger partial charge in [0.15, 0.2) is 11.6 Å². The smallest absolute Gasteiger partial charge is 0.414 e. The summed E-state index contributed by atoms with van der Waals surface area (Å²) in [4.78, 5) is 28.2. The van der Waals surface area contributed by atoms with Gasteiger partial charge in [-0.1, -0.05) is 0 Å². The van der Waals surface area contributed by atoms with Gasteiger partial charge in [0.2, 0.25) is 11.8 Å². The van der Waals surface area contributed by atoms with Gasteiger partial charge >= 0.3 is 6.09 Å². The van der Waals surface area contributed by atoms with Gasteiger partial charge in [-0.05, 0) is 23.8 Å². The SMILES string of the molecule is CC(=O)NCC1CN(c2ccc(Oc3ccc(CO)cn3)c(F)c2)C(=O)O1. The molecule has 0 aliphatic carbocycles. The molecule has 1 aromatic carbocycles. The summed E-state index contributed by atoms with van der Waals surface area (Å²) in [6, 6.07) is 7.22. The van der Waals surface area contributed by atoms with Crippen molar-refractivity contribution in [3.8, 4) is 11.6 Å². The van der Waals surface area contributed by atoms with Crippen molar-refractivity contribution in [2.24, 2.45) is 0 Å². The Morgan fingerprint density at radius 3 is 2.89 bits per heavy atom. The van der Waals surface area contributed by atoms with Crippen LogP contribution in [0, 0.1) is 5.82 Å². The van der Waals surface area contributed by atoms with E-state index in [0.717, 1.165) is 0 Å². The standard InChI is InChI=1S/C18H18FN3O5/c1-11(24)20-8-14-9-22(18(25)26-14)13-3-4-16(15(19)6-13)27-17-5-2-12(10-23)7-21-17/h2-7,14,23H,8-10H2,1H3,(H,20,24). The van der Waals surface area contributed by atoms with Crippen molar-refractivity contribution in [1.82, 2.24) is 10.3 Å². The van der Waals surface area contributed by atoms with Gasteiger partial charge in [0.25, 0.3) is 0 Å². The van der Waals surface area contributed by atoms with Crippen LogP contribution in [-0.2, 0) is 16.1 Å². The molecule has 1 aliphatic heterocycles. The molecule has 142 valence electrons. The average Bonchev–Trinajstić information content (AvgIpc) is 3.03. The van der Waals surface area contributed by atoms with Crippen molar-refractivity contribution in [1.29, 1.82) is 0 Å². The minimum atomic E-state index is -0.668. The lowest BCUT2D eigenvalue weighted by atomic mass is 10.2. The third-order valence-corrected chi connectivity index (χ3v) is 3.87.